The Hall–Kier alpha value is -0.830. The van der Waals surface area contributed by atoms with Gasteiger partial charge in [-0.3, -0.25) is 0 Å². The van der Waals surface area contributed by atoms with Crippen molar-refractivity contribution in [1.82, 2.24) is 0 Å². The fourth-order valence-electron chi connectivity index (χ4n) is 0.905. The van der Waals surface area contributed by atoms with E-state index >= 15 is 0 Å². The summed E-state index contributed by atoms with van der Waals surface area (Å²) in [4.78, 5) is 0.292. The number of rotatable bonds is 1. The Morgan fingerprint density at radius 3 is 2.45 bits per heavy atom. The first-order chi connectivity index (χ1) is 5.02. The maximum atomic E-state index is 11.0. The number of benzene rings is 1. The van der Waals surface area contributed by atoms with Crippen LogP contribution in [0.15, 0.2) is 23.1 Å². The highest BCUT2D eigenvalue weighted by Crippen LogP contribution is 2.12. The highest BCUT2D eigenvalue weighted by molar-refractivity contribution is 7.90. The molecule has 0 aliphatic rings. The van der Waals surface area contributed by atoms with Crippen molar-refractivity contribution < 1.29 is 8.42 Å². The molecular formula is C8H9O2S. The van der Waals surface area contributed by atoms with E-state index in [2.05, 4.69) is 6.07 Å². The second-order valence-corrected chi connectivity index (χ2v) is 4.41. The Balaban J connectivity index is 3.37. The van der Waals surface area contributed by atoms with Gasteiger partial charge in [-0.15, -0.1) is 0 Å². The smallest absolute Gasteiger partial charge is 0.176 e. The van der Waals surface area contributed by atoms with Crippen molar-refractivity contribution >= 4 is 9.84 Å². The zero-order valence-electron chi connectivity index (χ0n) is 6.46. The summed E-state index contributed by atoms with van der Waals surface area (Å²) in [7, 11) is -3.09. The second-order valence-electron chi connectivity index (χ2n) is 2.45. The molecule has 0 aromatic heterocycles. The van der Waals surface area contributed by atoms with E-state index in [0.717, 1.165) is 5.56 Å². The van der Waals surface area contributed by atoms with Crippen LogP contribution in [-0.2, 0) is 9.84 Å². The van der Waals surface area contributed by atoms with Gasteiger partial charge >= 0.3 is 0 Å². The van der Waals surface area contributed by atoms with Gasteiger partial charge in [0.1, 0.15) is 0 Å². The van der Waals surface area contributed by atoms with Crippen molar-refractivity contribution in [2.45, 2.75) is 11.8 Å². The third kappa shape index (κ3) is 1.80. The largest absolute Gasteiger partial charge is 0.224 e. The standard InChI is InChI=1S/C8H9O2S/c1-7-5-3-4-6-8(7)11(2,9)10/h3-5H,1-2H3. The minimum Gasteiger partial charge on any atom is -0.224 e. The normalized spacial score (nSPS) is 11.5. The summed E-state index contributed by atoms with van der Waals surface area (Å²) in [5.41, 5.74) is 0.745. The zero-order valence-corrected chi connectivity index (χ0v) is 7.27. The molecule has 0 aliphatic carbocycles. The lowest BCUT2D eigenvalue weighted by atomic mass is 10.2. The highest BCUT2D eigenvalue weighted by atomic mass is 32.2. The molecule has 0 amide bonds. The quantitative estimate of drug-likeness (QED) is 0.633. The molecule has 0 saturated heterocycles. The van der Waals surface area contributed by atoms with E-state index in [1.54, 1.807) is 25.1 Å². The molecule has 1 aromatic carbocycles. The fraction of sp³-hybridized carbons (Fsp3) is 0.250. The minimum atomic E-state index is -3.09. The van der Waals surface area contributed by atoms with Crippen molar-refractivity contribution in [2.75, 3.05) is 6.26 Å². The summed E-state index contributed by atoms with van der Waals surface area (Å²) in [6.07, 6.45) is 1.19. The second kappa shape index (κ2) is 2.66. The van der Waals surface area contributed by atoms with Gasteiger partial charge in [-0.2, -0.15) is 0 Å². The van der Waals surface area contributed by atoms with Crippen LogP contribution in [0.25, 0.3) is 0 Å². The number of sulfone groups is 1. The van der Waals surface area contributed by atoms with Crippen LogP contribution in [-0.4, -0.2) is 14.7 Å². The van der Waals surface area contributed by atoms with E-state index in [0.29, 0.717) is 4.90 Å². The molecule has 0 heterocycles. The predicted octanol–water partition coefficient (Wildman–Crippen LogP) is 1.20. The van der Waals surface area contributed by atoms with Gasteiger partial charge in [0.2, 0.25) is 0 Å². The first kappa shape index (κ1) is 8.27. The van der Waals surface area contributed by atoms with E-state index in [1.165, 1.54) is 6.26 Å². The predicted molar refractivity (Wildman–Crippen MR) is 43.1 cm³/mol. The number of hydrogen-bond donors (Lipinski definition) is 0. The summed E-state index contributed by atoms with van der Waals surface area (Å²) < 4.78 is 22.0. The maximum Gasteiger partial charge on any atom is 0.176 e. The van der Waals surface area contributed by atoms with Gasteiger partial charge in [-0.05, 0) is 12.5 Å². The molecule has 1 rings (SSSR count). The lowest BCUT2D eigenvalue weighted by molar-refractivity contribution is 0.601. The van der Waals surface area contributed by atoms with Crippen LogP contribution >= 0.6 is 0 Å². The third-order valence-electron chi connectivity index (χ3n) is 1.39. The topological polar surface area (TPSA) is 34.1 Å². The Morgan fingerprint density at radius 2 is 2.09 bits per heavy atom. The number of aryl methyl sites for hydroxylation is 1. The average Bonchev–Trinajstić information content (AvgIpc) is 1.86. The number of hydrogen-bond acceptors (Lipinski definition) is 2. The maximum absolute atomic E-state index is 11.0. The van der Waals surface area contributed by atoms with Crippen molar-refractivity contribution in [3.05, 3.63) is 29.8 Å². The van der Waals surface area contributed by atoms with Crippen LogP contribution in [0.2, 0.25) is 0 Å². The average molecular weight is 169 g/mol. The molecule has 3 heteroatoms. The zero-order chi connectivity index (χ0) is 8.48. The first-order valence-electron chi connectivity index (χ1n) is 3.19. The van der Waals surface area contributed by atoms with E-state index < -0.39 is 9.84 Å². The Bertz CT molecular complexity index is 352. The van der Waals surface area contributed by atoms with Crippen LogP contribution < -0.4 is 0 Å². The lowest BCUT2D eigenvalue weighted by Gasteiger charge is -1.99. The van der Waals surface area contributed by atoms with Crippen molar-refractivity contribution in [3.8, 4) is 0 Å². The van der Waals surface area contributed by atoms with E-state index in [9.17, 15) is 8.42 Å². The van der Waals surface area contributed by atoms with Gasteiger partial charge in [0.15, 0.2) is 9.84 Å². The Morgan fingerprint density at radius 1 is 1.45 bits per heavy atom. The molecule has 0 atom stereocenters. The van der Waals surface area contributed by atoms with Crippen LogP contribution in [0.5, 0.6) is 0 Å². The fourth-order valence-corrected chi connectivity index (χ4v) is 1.84. The van der Waals surface area contributed by atoms with Crippen molar-refractivity contribution in [2.24, 2.45) is 0 Å². The van der Waals surface area contributed by atoms with Gasteiger partial charge in [0, 0.05) is 12.3 Å². The molecule has 59 valence electrons. The van der Waals surface area contributed by atoms with Gasteiger partial charge in [-0.25, -0.2) is 8.42 Å². The third-order valence-corrected chi connectivity index (χ3v) is 2.57. The van der Waals surface area contributed by atoms with E-state index in [-0.39, 0.29) is 0 Å². The summed E-state index contributed by atoms with van der Waals surface area (Å²) in [6, 6.07) is 7.81. The molecule has 0 fully saturated rings. The van der Waals surface area contributed by atoms with E-state index in [1.807, 2.05) is 0 Å². The SMILES string of the molecule is Cc1ccc[c]c1S(C)(=O)=O. The Kier molecular flexibility index (Phi) is 2.00. The van der Waals surface area contributed by atoms with Crippen LogP contribution in [0.1, 0.15) is 5.56 Å². The van der Waals surface area contributed by atoms with Gasteiger partial charge < -0.3 is 0 Å². The molecular weight excluding hydrogens is 160 g/mol. The molecule has 0 saturated carbocycles. The summed E-state index contributed by atoms with van der Waals surface area (Å²) in [6.45, 7) is 1.76. The summed E-state index contributed by atoms with van der Waals surface area (Å²) in [5, 5.41) is 0. The van der Waals surface area contributed by atoms with Crippen LogP contribution in [0.3, 0.4) is 0 Å². The minimum absolute atomic E-state index is 0.292. The molecule has 1 radical (unpaired) electrons. The molecule has 0 spiro atoms. The molecule has 0 bridgehead atoms. The van der Waals surface area contributed by atoms with Gasteiger partial charge in [0.25, 0.3) is 0 Å². The van der Waals surface area contributed by atoms with Crippen molar-refractivity contribution in [1.29, 1.82) is 0 Å². The van der Waals surface area contributed by atoms with Crippen LogP contribution in [0.4, 0.5) is 0 Å². The first-order valence-corrected chi connectivity index (χ1v) is 5.08. The summed E-state index contributed by atoms with van der Waals surface area (Å²) in [5.74, 6) is 0. The molecule has 2 nitrogen and oxygen atoms in total. The Labute approximate surface area is 66.8 Å². The van der Waals surface area contributed by atoms with E-state index in [4.69, 9.17) is 0 Å². The lowest BCUT2D eigenvalue weighted by Crippen LogP contribution is -1.99. The molecule has 0 aliphatic heterocycles. The van der Waals surface area contributed by atoms with Crippen LogP contribution in [0, 0.1) is 13.0 Å². The molecule has 1 aromatic rings. The van der Waals surface area contributed by atoms with Gasteiger partial charge in [-0.1, -0.05) is 18.2 Å². The summed E-state index contributed by atoms with van der Waals surface area (Å²) >= 11 is 0. The molecule has 0 unspecified atom stereocenters. The molecule has 11 heavy (non-hydrogen) atoms. The molecule has 0 N–H and O–H groups in total. The highest BCUT2D eigenvalue weighted by Gasteiger charge is 2.08. The van der Waals surface area contributed by atoms with Gasteiger partial charge in [0.05, 0.1) is 4.90 Å². The monoisotopic (exact) mass is 169 g/mol. The van der Waals surface area contributed by atoms with Crippen molar-refractivity contribution in [3.63, 3.8) is 0 Å².